The van der Waals surface area contributed by atoms with Gasteiger partial charge in [-0.15, -0.1) is 0 Å². The topological polar surface area (TPSA) is 47.0 Å². The first kappa shape index (κ1) is 18.4. The molecule has 0 fully saturated rings. The molecule has 1 rings (SSSR count). The smallest absolute Gasteiger partial charge is 0.369 e. The molecule has 120 valence electrons. The van der Waals surface area contributed by atoms with E-state index < -0.39 is 12.8 Å². The Hall–Kier alpha value is -0.640. The van der Waals surface area contributed by atoms with Gasteiger partial charge in [0.05, 0.1) is 9.26 Å². The summed E-state index contributed by atoms with van der Waals surface area (Å²) in [6, 6.07) is 0. The van der Waals surface area contributed by atoms with Gasteiger partial charge >= 0.3 is 6.18 Å². The van der Waals surface area contributed by atoms with E-state index in [1.165, 1.54) is 0 Å². The molecule has 0 saturated heterocycles. The number of nitrogens with one attached hydrogen (secondary N) is 1. The minimum absolute atomic E-state index is 0.250. The van der Waals surface area contributed by atoms with E-state index in [0.717, 1.165) is 15.7 Å². The van der Waals surface area contributed by atoms with Gasteiger partial charge in [-0.25, -0.2) is 9.97 Å². The van der Waals surface area contributed by atoms with Crippen molar-refractivity contribution in [1.82, 2.24) is 9.97 Å². The Kier molecular flexibility index (Phi) is 7.11. The molecule has 4 nitrogen and oxygen atoms in total. The van der Waals surface area contributed by atoms with Crippen LogP contribution in [0.15, 0.2) is 0 Å². The van der Waals surface area contributed by atoms with Crippen molar-refractivity contribution in [2.24, 2.45) is 5.92 Å². The highest BCUT2D eigenvalue weighted by atomic mass is 127. The van der Waals surface area contributed by atoms with Crippen molar-refractivity contribution in [3.8, 4) is 0 Å². The molecule has 0 aliphatic rings. The van der Waals surface area contributed by atoms with Crippen LogP contribution in [0.25, 0.3) is 0 Å². The van der Waals surface area contributed by atoms with Crippen molar-refractivity contribution < 1.29 is 17.9 Å². The monoisotopic (exact) mass is 417 g/mol. The van der Waals surface area contributed by atoms with Crippen molar-refractivity contribution in [2.45, 2.75) is 40.0 Å². The van der Waals surface area contributed by atoms with Gasteiger partial charge in [0, 0.05) is 6.54 Å². The molecule has 0 aliphatic heterocycles. The lowest BCUT2D eigenvalue weighted by Crippen LogP contribution is -2.18. The quantitative estimate of drug-likeness (QED) is 0.686. The second-order valence-electron chi connectivity index (χ2n) is 4.99. The molecule has 0 amide bonds. The fourth-order valence-corrected chi connectivity index (χ4v) is 2.33. The maximum absolute atomic E-state index is 12.1. The Labute approximate surface area is 136 Å². The van der Waals surface area contributed by atoms with Crippen LogP contribution in [0.4, 0.5) is 19.0 Å². The van der Waals surface area contributed by atoms with Crippen LogP contribution in [0, 0.1) is 9.49 Å². The molecule has 0 aromatic carbocycles. The zero-order valence-corrected chi connectivity index (χ0v) is 14.4. The molecule has 0 aliphatic carbocycles. The van der Waals surface area contributed by atoms with Crippen LogP contribution in [0.1, 0.15) is 32.3 Å². The van der Waals surface area contributed by atoms with Crippen molar-refractivity contribution in [3.05, 3.63) is 15.1 Å². The summed E-state index contributed by atoms with van der Waals surface area (Å²) < 4.78 is 41.8. The lowest BCUT2D eigenvalue weighted by Gasteiger charge is -2.14. The highest BCUT2D eigenvalue weighted by molar-refractivity contribution is 14.1. The summed E-state index contributed by atoms with van der Waals surface area (Å²) in [4.78, 5) is 8.55. The van der Waals surface area contributed by atoms with Gasteiger partial charge in [-0.3, -0.25) is 0 Å². The van der Waals surface area contributed by atoms with Gasteiger partial charge in [0.25, 0.3) is 0 Å². The van der Waals surface area contributed by atoms with Crippen LogP contribution >= 0.6 is 22.6 Å². The third-order valence-electron chi connectivity index (χ3n) is 2.41. The normalized spacial score (nSPS) is 12.0. The number of nitrogens with zero attached hydrogens (tertiary/aromatic N) is 2. The zero-order valence-electron chi connectivity index (χ0n) is 12.2. The average Bonchev–Trinajstić information content (AvgIpc) is 2.33. The van der Waals surface area contributed by atoms with Crippen molar-refractivity contribution in [1.29, 1.82) is 0 Å². The van der Waals surface area contributed by atoms with E-state index in [2.05, 4.69) is 56.5 Å². The molecule has 21 heavy (non-hydrogen) atoms. The Morgan fingerprint density at radius 1 is 1.29 bits per heavy atom. The van der Waals surface area contributed by atoms with Crippen LogP contribution in [-0.4, -0.2) is 29.3 Å². The first-order valence-corrected chi connectivity index (χ1v) is 7.74. The lowest BCUT2D eigenvalue weighted by atomic mass is 10.1. The molecule has 0 atom stereocenters. The summed E-state index contributed by atoms with van der Waals surface area (Å²) in [5, 5.41) is 3.10. The van der Waals surface area contributed by atoms with E-state index in [9.17, 15) is 13.2 Å². The second kappa shape index (κ2) is 8.11. The van der Waals surface area contributed by atoms with Crippen molar-refractivity contribution in [3.63, 3.8) is 0 Å². The van der Waals surface area contributed by atoms with E-state index in [1.807, 2.05) is 6.92 Å². The third-order valence-corrected chi connectivity index (χ3v) is 3.54. The summed E-state index contributed by atoms with van der Waals surface area (Å²) in [5.74, 6) is 1.31. The number of alkyl halides is 3. The number of hydrogen-bond acceptors (Lipinski definition) is 4. The number of rotatable bonds is 7. The molecule has 1 aromatic heterocycles. The summed E-state index contributed by atoms with van der Waals surface area (Å²) >= 11 is 2.16. The highest BCUT2D eigenvalue weighted by Crippen LogP contribution is 2.22. The van der Waals surface area contributed by atoms with Crippen LogP contribution in [0.2, 0.25) is 0 Å². The summed E-state index contributed by atoms with van der Waals surface area (Å²) in [7, 11) is 0. The standard InChI is InChI=1S/C13H19F3IN3O/c1-4-18-12-11(17)9(5-8(2)3)19-10(20-12)6-21-7-13(14,15)16/h8H,4-7H2,1-3H3,(H,18,19,20). The molecular formula is C13H19F3IN3O. The van der Waals surface area contributed by atoms with Crippen molar-refractivity contribution in [2.75, 3.05) is 18.5 Å². The Bertz CT molecular complexity index is 467. The van der Waals surface area contributed by atoms with Gasteiger partial charge in [0.15, 0.2) is 5.82 Å². The minimum atomic E-state index is -4.34. The molecule has 0 unspecified atom stereocenters. The molecule has 0 spiro atoms. The largest absolute Gasteiger partial charge is 0.411 e. The Morgan fingerprint density at radius 3 is 2.48 bits per heavy atom. The van der Waals surface area contributed by atoms with E-state index in [-0.39, 0.29) is 12.4 Å². The number of anilines is 1. The van der Waals surface area contributed by atoms with Gasteiger partial charge in [-0.2, -0.15) is 13.2 Å². The first-order chi connectivity index (χ1) is 9.73. The fraction of sp³-hybridized carbons (Fsp3) is 0.692. The molecule has 0 saturated carbocycles. The number of ether oxygens (including phenoxy) is 1. The average molecular weight is 417 g/mol. The number of aromatic nitrogens is 2. The summed E-state index contributed by atoms with van der Waals surface area (Å²) in [6.07, 6.45) is -3.60. The maximum Gasteiger partial charge on any atom is 0.411 e. The van der Waals surface area contributed by atoms with Crippen molar-refractivity contribution >= 4 is 28.4 Å². The van der Waals surface area contributed by atoms with Gasteiger partial charge in [0.1, 0.15) is 19.0 Å². The molecular weight excluding hydrogens is 398 g/mol. The van der Waals surface area contributed by atoms with E-state index in [0.29, 0.717) is 18.3 Å². The van der Waals surface area contributed by atoms with Gasteiger partial charge in [-0.1, -0.05) is 13.8 Å². The third kappa shape index (κ3) is 6.77. The summed E-state index contributed by atoms with van der Waals surface area (Å²) in [5.41, 5.74) is 0.835. The molecule has 0 bridgehead atoms. The number of halogens is 4. The van der Waals surface area contributed by atoms with E-state index in [1.54, 1.807) is 0 Å². The van der Waals surface area contributed by atoms with Gasteiger partial charge < -0.3 is 10.1 Å². The van der Waals surface area contributed by atoms with Crippen LogP contribution < -0.4 is 5.32 Å². The van der Waals surface area contributed by atoms with E-state index >= 15 is 0 Å². The molecule has 1 aromatic rings. The van der Waals surface area contributed by atoms with Crippen LogP contribution in [0.3, 0.4) is 0 Å². The van der Waals surface area contributed by atoms with Crippen LogP contribution in [0.5, 0.6) is 0 Å². The van der Waals surface area contributed by atoms with Gasteiger partial charge in [0.2, 0.25) is 0 Å². The Morgan fingerprint density at radius 2 is 1.95 bits per heavy atom. The molecule has 1 heterocycles. The number of hydrogen-bond donors (Lipinski definition) is 1. The predicted molar refractivity (Wildman–Crippen MR) is 83.2 cm³/mol. The van der Waals surface area contributed by atoms with E-state index in [4.69, 9.17) is 0 Å². The zero-order chi connectivity index (χ0) is 16.0. The fourth-order valence-electron chi connectivity index (χ4n) is 1.67. The van der Waals surface area contributed by atoms with Gasteiger partial charge in [-0.05, 0) is 41.9 Å². The molecule has 8 heteroatoms. The second-order valence-corrected chi connectivity index (χ2v) is 6.06. The Balaban J connectivity index is 2.89. The molecule has 0 radical (unpaired) electrons. The maximum atomic E-state index is 12.1. The first-order valence-electron chi connectivity index (χ1n) is 6.66. The minimum Gasteiger partial charge on any atom is -0.369 e. The molecule has 1 N–H and O–H groups in total. The SMILES string of the molecule is CCNc1nc(COCC(F)(F)F)nc(CC(C)C)c1I. The predicted octanol–water partition coefficient (Wildman–Crippen LogP) is 3.79. The lowest BCUT2D eigenvalue weighted by molar-refractivity contribution is -0.177. The highest BCUT2D eigenvalue weighted by Gasteiger charge is 2.27. The van der Waals surface area contributed by atoms with Crippen LogP contribution in [-0.2, 0) is 17.8 Å². The summed E-state index contributed by atoms with van der Waals surface area (Å²) in [6.45, 7) is 5.19.